The van der Waals surface area contributed by atoms with E-state index in [1.165, 1.54) is 24.5 Å². The Kier molecular flexibility index (Phi) is 4.70. The van der Waals surface area contributed by atoms with Gasteiger partial charge in [-0.25, -0.2) is 8.78 Å². The second-order valence-electron chi connectivity index (χ2n) is 9.66. The van der Waals surface area contributed by atoms with E-state index in [0.717, 1.165) is 31.7 Å². The van der Waals surface area contributed by atoms with Crippen molar-refractivity contribution in [2.75, 3.05) is 11.9 Å². The van der Waals surface area contributed by atoms with E-state index < -0.39 is 11.6 Å². The first-order chi connectivity index (χ1) is 15.2. The van der Waals surface area contributed by atoms with Crippen LogP contribution in [-0.2, 0) is 0 Å². The van der Waals surface area contributed by atoms with E-state index in [2.05, 4.69) is 39.6 Å². The zero-order valence-corrected chi connectivity index (χ0v) is 18.3. The molecule has 2 aliphatic heterocycles. The molecule has 0 amide bonds. The van der Waals surface area contributed by atoms with Gasteiger partial charge < -0.3 is 15.3 Å². The second-order valence-corrected chi connectivity index (χ2v) is 9.66. The van der Waals surface area contributed by atoms with E-state index >= 15 is 4.39 Å². The van der Waals surface area contributed by atoms with Crippen molar-refractivity contribution in [2.45, 2.75) is 56.7 Å². The SMILES string of the molecule is CN(c1nnc(-c2cc(F)c(-c3cn[nH]c3)cc2O)cc1F)[C@H]1C[C@]2(C)CC[C@](C)(C1)N2. The van der Waals surface area contributed by atoms with Gasteiger partial charge in [-0.05, 0) is 51.7 Å². The molecular weight excluding hydrogens is 414 g/mol. The van der Waals surface area contributed by atoms with Gasteiger partial charge in [-0.1, -0.05) is 0 Å². The number of nitrogens with zero attached hydrogens (tertiary/aromatic N) is 4. The second kappa shape index (κ2) is 7.23. The van der Waals surface area contributed by atoms with Gasteiger partial charge in [0.1, 0.15) is 11.6 Å². The van der Waals surface area contributed by atoms with Gasteiger partial charge in [0.15, 0.2) is 11.6 Å². The molecule has 0 unspecified atom stereocenters. The molecule has 32 heavy (non-hydrogen) atoms. The van der Waals surface area contributed by atoms with Crippen LogP contribution in [0.1, 0.15) is 39.5 Å². The number of halogens is 2. The normalized spacial score (nSPS) is 27.0. The molecule has 2 aliphatic rings. The van der Waals surface area contributed by atoms with Crippen molar-refractivity contribution in [1.82, 2.24) is 25.7 Å². The van der Waals surface area contributed by atoms with E-state index in [9.17, 15) is 9.50 Å². The average molecular weight is 440 g/mol. The number of fused-ring (bicyclic) bond motifs is 2. The highest BCUT2D eigenvalue weighted by atomic mass is 19.1. The van der Waals surface area contributed by atoms with Crippen molar-refractivity contribution in [1.29, 1.82) is 0 Å². The quantitative estimate of drug-likeness (QED) is 0.568. The summed E-state index contributed by atoms with van der Waals surface area (Å²) in [5.41, 5.74) is 0.907. The lowest BCUT2D eigenvalue weighted by molar-refractivity contribution is 0.207. The number of aromatic nitrogens is 4. The van der Waals surface area contributed by atoms with Gasteiger partial charge in [-0.3, -0.25) is 5.10 Å². The van der Waals surface area contributed by atoms with E-state index in [1.807, 2.05) is 11.9 Å². The Balaban J connectivity index is 1.43. The largest absolute Gasteiger partial charge is 0.507 e. The molecule has 2 saturated heterocycles. The maximum Gasteiger partial charge on any atom is 0.187 e. The average Bonchev–Trinajstić information content (AvgIpc) is 3.34. The predicted octanol–water partition coefficient (Wildman–Crippen LogP) is 4.02. The fourth-order valence-electron chi connectivity index (χ4n) is 5.39. The lowest BCUT2D eigenvalue weighted by Gasteiger charge is -2.45. The van der Waals surface area contributed by atoms with Crippen molar-refractivity contribution in [3.8, 4) is 28.1 Å². The molecule has 168 valence electrons. The highest BCUT2D eigenvalue weighted by Gasteiger charge is 2.49. The van der Waals surface area contributed by atoms with Gasteiger partial charge in [0.2, 0.25) is 0 Å². The molecule has 0 aliphatic carbocycles. The summed E-state index contributed by atoms with van der Waals surface area (Å²) in [6, 6.07) is 3.74. The summed E-state index contributed by atoms with van der Waals surface area (Å²) in [6.07, 6.45) is 6.96. The molecule has 3 N–H and O–H groups in total. The Labute approximate surface area is 184 Å². The molecule has 0 spiro atoms. The van der Waals surface area contributed by atoms with Gasteiger partial charge in [-0.2, -0.15) is 5.10 Å². The molecule has 0 saturated carbocycles. The minimum absolute atomic E-state index is 0.0375. The van der Waals surface area contributed by atoms with Crippen LogP contribution in [0.3, 0.4) is 0 Å². The lowest BCUT2D eigenvalue weighted by Crippen LogP contribution is -2.58. The number of hydrogen-bond donors (Lipinski definition) is 3. The van der Waals surface area contributed by atoms with Crippen molar-refractivity contribution in [3.05, 3.63) is 42.2 Å². The summed E-state index contributed by atoms with van der Waals surface area (Å²) in [6.45, 7) is 4.43. The van der Waals surface area contributed by atoms with Crippen LogP contribution in [0.15, 0.2) is 30.6 Å². The first-order valence-electron chi connectivity index (χ1n) is 10.7. The molecule has 4 heterocycles. The molecule has 2 aromatic heterocycles. The molecule has 3 atom stereocenters. The van der Waals surface area contributed by atoms with Gasteiger partial charge in [0, 0.05) is 53.1 Å². The number of aromatic hydroxyl groups is 1. The van der Waals surface area contributed by atoms with Gasteiger partial charge in [0.25, 0.3) is 0 Å². The third-order valence-electron chi connectivity index (χ3n) is 6.99. The molecule has 5 rings (SSSR count). The van der Waals surface area contributed by atoms with E-state index in [1.54, 1.807) is 0 Å². The van der Waals surface area contributed by atoms with Crippen LogP contribution in [0.25, 0.3) is 22.4 Å². The Morgan fingerprint density at radius 3 is 2.38 bits per heavy atom. The first kappa shape index (κ1) is 20.8. The van der Waals surface area contributed by atoms with Crippen LogP contribution < -0.4 is 10.2 Å². The molecule has 7 nitrogen and oxygen atoms in total. The van der Waals surface area contributed by atoms with Crippen LogP contribution in [0.5, 0.6) is 5.75 Å². The van der Waals surface area contributed by atoms with Gasteiger partial charge >= 0.3 is 0 Å². The summed E-state index contributed by atoms with van der Waals surface area (Å²) in [5, 5.41) is 28.8. The maximum atomic E-state index is 15.1. The van der Waals surface area contributed by atoms with Crippen LogP contribution in [0.2, 0.25) is 0 Å². The maximum absolute atomic E-state index is 15.1. The molecule has 0 radical (unpaired) electrons. The number of phenols is 1. The van der Waals surface area contributed by atoms with E-state index in [-0.39, 0.29) is 45.5 Å². The number of phenolic OH excluding ortho intramolecular Hbond substituents is 1. The van der Waals surface area contributed by atoms with Crippen LogP contribution in [-0.4, -0.2) is 49.7 Å². The molecule has 3 aromatic rings. The first-order valence-corrected chi connectivity index (χ1v) is 10.7. The number of nitrogens with one attached hydrogen (secondary N) is 2. The molecule has 9 heteroatoms. The zero-order valence-electron chi connectivity index (χ0n) is 18.3. The standard InChI is InChI=1S/C23H26F2N6O/c1-22-4-5-23(2,30-22)10-14(9-22)31(3)21-18(25)8-19(28-29-21)16-6-17(24)15(7-20(16)32)13-11-26-27-12-13/h6-8,11-12,14,30,32H,4-5,9-10H2,1-3H3,(H,26,27)/t14-,22-,23+. The topological polar surface area (TPSA) is 90.0 Å². The Hall–Kier alpha value is -3.07. The van der Waals surface area contributed by atoms with Crippen molar-refractivity contribution in [3.63, 3.8) is 0 Å². The number of piperidine rings is 1. The Morgan fingerprint density at radius 2 is 1.75 bits per heavy atom. The minimum atomic E-state index is -0.575. The van der Waals surface area contributed by atoms with Crippen LogP contribution in [0.4, 0.5) is 14.6 Å². The Bertz CT molecular complexity index is 1150. The highest BCUT2D eigenvalue weighted by Crippen LogP contribution is 2.44. The number of benzene rings is 1. The number of rotatable bonds is 4. The number of anilines is 1. The number of H-pyrrole nitrogens is 1. The summed E-state index contributed by atoms with van der Waals surface area (Å²) in [5.74, 6) is -1.19. The summed E-state index contributed by atoms with van der Waals surface area (Å²) >= 11 is 0. The van der Waals surface area contributed by atoms with Crippen LogP contribution in [0, 0.1) is 11.6 Å². The molecule has 1 aromatic carbocycles. The Morgan fingerprint density at radius 1 is 1.03 bits per heavy atom. The minimum Gasteiger partial charge on any atom is -0.507 e. The number of hydrogen-bond acceptors (Lipinski definition) is 6. The van der Waals surface area contributed by atoms with Gasteiger partial charge in [0.05, 0.1) is 11.9 Å². The highest BCUT2D eigenvalue weighted by molar-refractivity contribution is 5.74. The van der Waals surface area contributed by atoms with Crippen molar-refractivity contribution >= 4 is 5.82 Å². The third kappa shape index (κ3) is 3.50. The fourth-order valence-corrected chi connectivity index (χ4v) is 5.39. The monoisotopic (exact) mass is 440 g/mol. The van der Waals surface area contributed by atoms with E-state index in [0.29, 0.717) is 5.56 Å². The molecule has 2 fully saturated rings. The fraction of sp³-hybridized carbons (Fsp3) is 0.435. The summed E-state index contributed by atoms with van der Waals surface area (Å²) < 4.78 is 29.8. The predicted molar refractivity (Wildman–Crippen MR) is 117 cm³/mol. The summed E-state index contributed by atoms with van der Waals surface area (Å²) in [4.78, 5) is 1.86. The van der Waals surface area contributed by atoms with Crippen molar-refractivity contribution in [2.24, 2.45) is 0 Å². The van der Waals surface area contributed by atoms with E-state index in [4.69, 9.17) is 0 Å². The van der Waals surface area contributed by atoms with Gasteiger partial charge in [-0.15, -0.1) is 10.2 Å². The summed E-state index contributed by atoms with van der Waals surface area (Å²) in [7, 11) is 1.84. The molecule has 2 bridgehead atoms. The smallest absolute Gasteiger partial charge is 0.187 e. The third-order valence-corrected chi connectivity index (χ3v) is 6.99. The van der Waals surface area contributed by atoms with Crippen LogP contribution >= 0.6 is 0 Å². The van der Waals surface area contributed by atoms with Crippen molar-refractivity contribution < 1.29 is 13.9 Å². The lowest BCUT2D eigenvalue weighted by atomic mass is 9.84. The number of aromatic amines is 1. The molecular formula is C23H26F2N6O. The zero-order chi connectivity index (χ0) is 22.7.